The van der Waals surface area contributed by atoms with Crippen LogP contribution < -0.4 is 0 Å². The molecule has 0 radical (unpaired) electrons. The van der Waals surface area contributed by atoms with Gasteiger partial charge in [0, 0.05) is 15.8 Å². The zero-order valence-corrected chi connectivity index (χ0v) is 21.7. The second-order valence-electron chi connectivity index (χ2n) is 12.1. The molecule has 0 N–H and O–H groups in total. The Kier molecular flexibility index (Phi) is 7.62. The molecule has 0 unspecified atom stereocenters. The number of hydrogen-bond acceptors (Lipinski definition) is 0. The predicted molar refractivity (Wildman–Crippen MR) is 129 cm³/mol. The fourth-order valence-corrected chi connectivity index (χ4v) is 12.7. The second-order valence-corrected chi connectivity index (χ2v) is 20.7. The molecular weight excluding hydrogens is 350 g/mol. The molecule has 0 saturated heterocycles. The van der Waals surface area contributed by atoms with Crippen LogP contribution in [0.1, 0.15) is 94.2 Å². The monoisotopic (exact) mass is 396 g/mol. The van der Waals surface area contributed by atoms with Crippen LogP contribution in [0.15, 0.2) is 24.3 Å². The summed E-state index contributed by atoms with van der Waals surface area (Å²) in [5.74, 6) is 0. The highest BCUT2D eigenvalue weighted by molar-refractivity contribution is 7.60. The lowest BCUT2D eigenvalue weighted by atomic mass is 10.1. The van der Waals surface area contributed by atoms with Crippen LogP contribution in [0, 0.1) is 0 Å². The largest absolute Gasteiger partial charge is 0.0834 e. The molecule has 2 heteroatoms. The Hall–Kier alpha value is 0.0800. The third kappa shape index (κ3) is 6.91. The fourth-order valence-electron chi connectivity index (χ4n) is 4.59. The van der Waals surface area contributed by atoms with E-state index >= 15 is 0 Å². The highest BCUT2D eigenvalue weighted by Gasteiger charge is 2.44. The van der Waals surface area contributed by atoms with Gasteiger partial charge in [0.15, 0.2) is 0 Å². The average Bonchev–Trinajstić information content (AvgIpc) is 2.38. The first-order valence-electron chi connectivity index (χ1n) is 10.2. The minimum atomic E-state index is -0.544. The van der Waals surface area contributed by atoms with Gasteiger partial charge < -0.3 is 0 Å². The summed E-state index contributed by atoms with van der Waals surface area (Å²) < 4.78 is 0. The van der Waals surface area contributed by atoms with E-state index in [1.807, 2.05) is 0 Å². The summed E-state index contributed by atoms with van der Waals surface area (Å²) in [7, 11) is -1.09. The maximum atomic E-state index is 2.45. The molecule has 150 valence electrons. The molecule has 0 saturated carbocycles. The topological polar surface area (TPSA) is 0 Å². The summed E-state index contributed by atoms with van der Waals surface area (Å²) in [4.78, 5) is 0. The van der Waals surface area contributed by atoms with Crippen molar-refractivity contribution in [3.63, 3.8) is 0 Å². The number of hydrogen-bond donors (Lipinski definition) is 0. The number of benzene rings is 1. The van der Waals surface area contributed by atoms with Crippen molar-refractivity contribution in [2.45, 2.75) is 116 Å². The Labute approximate surface area is 167 Å². The lowest BCUT2D eigenvalue weighted by Gasteiger charge is -2.36. The van der Waals surface area contributed by atoms with Crippen LogP contribution in [0.2, 0.25) is 0 Å². The van der Waals surface area contributed by atoms with Crippen molar-refractivity contribution in [2.75, 3.05) is 0 Å². The first-order valence-corrected chi connectivity index (χ1v) is 13.7. The molecule has 0 nitrogen and oxygen atoms in total. The van der Waals surface area contributed by atoms with Crippen molar-refractivity contribution >= 4 is 15.8 Å². The third-order valence-corrected chi connectivity index (χ3v) is 14.2. The van der Waals surface area contributed by atoms with Crippen LogP contribution in [0.5, 0.6) is 0 Å². The van der Waals surface area contributed by atoms with Crippen LogP contribution in [-0.2, 0) is 12.3 Å². The van der Waals surface area contributed by atoms with Gasteiger partial charge in [0.05, 0.1) is 32.9 Å². The lowest BCUT2D eigenvalue weighted by Crippen LogP contribution is -2.27. The fraction of sp³-hybridized carbons (Fsp3) is 0.750. The normalized spacial score (nSPS) is 14.4. The van der Waals surface area contributed by atoms with Gasteiger partial charge in [0.25, 0.3) is 0 Å². The summed E-state index contributed by atoms with van der Waals surface area (Å²) in [5, 5.41) is 1.66. The number of rotatable bonds is 4. The molecule has 0 heterocycles. The zero-order valence-electron chi connectivity index (χ0n) is 19.7. The molecule has 0 aliphatic rings. The second kappa shape index (κ2) is 8.21. The quantitative estimate of drug-likeness (QED) is 0.449. The summed E-state index contributed by atoms with van der Waals surface area (Å²) in [6, 6.07) is 9.35. The van der Waals surface area contributed by atoms with Crippen molar-refractivity contribution in [3.05, 3.63) is 35.4 Å². The van der Waals surface area contributed by atoms with Crippen LogP contribution in [0.25, 0.3) is 0 Å². The lowest BCUT2D eigenvalue weighted by molar-refractivity contribution is 0.699. The highest BCUT2D eigenvalue weighted by Crippen LogP contribution is 2.63. The summed E-state index contributed by atoms with van der Waals surface area (Å²) in [6.07, 6.45) is 2.58. The average molecular weight is 397 g/mol. The van der Waals surface area contributed by atoms with E-state index in [9.17, 15) is 0 Å². The van der Waals surface area contributed by atoms with Gasteiger partial charge in [0.2, 0.25) is 0 Å². The Bertz CT molecular complexity index is 493. The molecule has 0 fully saturated rings. The van der Waals surface area contributed by atoms with E-state index in [4.69, 9.17) is 0 Å². The van der Waals surface area contributed by atoms with E-state index in [1.54, 1.807) is 11.1 Å². The Morgan fingerprint density at radius 1 is 0.500 bits per heavy atom. The predicted octanol–water partition coefficient (Wildman–Crippen LogP) is 8.31. The van der Waals surface area contributed by atoms with Crippen LogP contribution in [-0.4, -0.2) is 20.6 Å². The van der Waals surface area contributed by atoms with E-state index in [1.165, 1.54) is 12.3 Å². The molecule has 0 atom stereocenters. The standard InChI is InChI=1S/C24H44P2/c1-21(2,3)25(22(4,5)6)17-19-15-13-14-16-20(19)18-26(23(7,8)9)24(10,11)12/h13-16H,17-18H2,1-12H3/p+2. The molecule has 1 aromatic rings. The summed E-state index contributed by atoms with van der Waals surface area (Å²) in [6.45, 7) is 29.4. The molecular formula is C24H46P2+2. The molecule has 1 aromatic carbocycles. The summed E-state index contributed by atoms with van der Waals surface area (Å²) in [5.41, 5.74) is 3.25. The van der Waals surface area contributed by atoms with Gasteiger partial charge in [-0.1, -0.05) is 24.3 Å². The van der Waals surface area contributed by atoms with Gasteiger partial charge in [0.1, 0.15) is 0 Å². The van der Waals surface area contributed by atoms with Crippen LogP contribution in [0.4, 0.5) is 0 Å². The SMILES string of the molecule is CC(C)(C)[PH+](Cc1ccccc1C[PH+](C(C)(C)C)C(C)(C)C)C(C)(C)C. The van der Waals surface area contributed by atoms with Crippen LogP contribution >= 0.6 is 15.8 Å². The van der Waals surface area contributed by atoms with E-state index in [0.717, 1.165) is 0 Å². The molecule has 1 rings (SSSR count). The minimum absolute atomic E-state index is 0.415. The maximum absolute atomic E-state index is 2.45. The molecule has 0 bridgehead atoms. The Morgan fingerprint density at radius 3 is 0.923 bits per heavy atom. The first kappa shape index (κ1) is 24.1. The van der Waals surface area contributed by atoms with Crippen molar-refractivity contribution in [2.24, 2.45) is 0 Å². The molecule has 0 amide bonds. The molecule has 0 aliphatic heterocycles. The van der Waals surface area contributed by atoms with E-state index in [0.29, 0.717) is 20.6 Å². The molecule has 0 aromatic heterocycles. The van der Waals surface area contributed by atoms with E-state index < -0.39 is 15.8 Å². The van der Waals surface area contributed by atoms with E-state index in [2.05, 4.69) is 107 Å². The van der Waals surface area contributed by atoms with Crippen molar-refractivity contribution < 1.29 is 0 Å². The maximum Gasteiger partial charge on any atom is 0.0834 e. The van der Waals surface area contributed by atoms with E-state index in [-0.39, 0.29) is 0 Å². The highest BCUT2D eigenvalue weighted by atomic mass is 31.1. The van der Waals surface area contributed by atoms with Crippen molar-refractivity contribution in [3.8, 4) is 0 Å². The van der Waals surface area contributed by atoms with Gasteiger partial charge in [-0.3, -0.25) is 0 Å². The Balaban J connectivity index is 3.26. The Morgan fingerprint density at radius 2 is 0.731 bits per heavy atom. The first-order chi connectivity index (χ1) is 11.4. The van der Waals surface area contributed by atoms with Crippen LogP contribution in [0.3, 0.4) is 0 Å². The summed E-state index contributed by atoms with van der Waals surface area (Å²) >= 11 is 0. The zero-order chi connectivity index (χ0) is 20.6. The molecule has 0 spiro atoms. The van der Waals surface area contributed by atoms with Gasteiger partial charge in [-0.15, -0.1) is 0 Å². The molecule has 0 aliphatic carbocycles. The van der Waals surface area contributed by atoms with Gasteiger partial charge >= 0.3 is 0 Å². The third-order valence-electron chi connectivity index (χ3n) is 5.47. The van der Waals surface area contributed by atoms with Gasteiger partial charge in [-0.2, -0.15) is 0 Å². The van der Waals surface area contributed by atoms with Gasteiger partial charge in [-0.25, -0.2) is 0 Å². The van der Waals surface area contributed by atoms with Crippen molar-refractivity contribution in [1.29, 1.82) is 0 Å². The molecule has 26 heavy (non-hydrogen) atoms. The van der Waals surface area contributed by atoms with Gasteiger partial charge in [-0.05, 0) is 94.2 Å². The van der Waals surface area contributed by atoms with Crippen molar-refractivity contribution in [1.82, 2.24) is 0 Å². The smallest absolute Gasteiger partial charge is 0.0618 e. The minimum Gasteiger partial charge on any atom is -0.0618 e.